The topological polar surface area (TPSA) is 79.0 Å². The third-order valence-electron chi connectivity index (χ3n) is 6.99. The van der Waals surface area contributed by atoms with Crippen molar-refractivity contribution in [2.45, 2.75) is 82.1 Å². The van der Waals surface area contributed by atoms with Crippen molar-refractivity contribution in [3.8, 4) is 5.75 Å². The van der Waals surface area contributed by atoms with E-state index in [1.54, 1.807) is 29.6 Å². The quantitative estimate of drug-likeness (QED) is 0.491. The summed E-state index contributed by atoms with van der Waals surface area (Å²) in [5, 5.41) is 3.03. The van der Waals surface area contributed by atoms with E-state index < -0.39 is 10.0 Å². The van der Waals surface area contributed by atoms with Gasteiger partial charge in [0.1, 0.15) is 5.75 Å². The zero-order valence-corrected chi connectivity index (χ0v) is 21.2. The number of sulfonamides is 1. The number of nitrogens with one attached hydrogen (secondary N) is 1. The Morgan fingerprint density at radius 3 is 2.61 bits per heavy atom. The van der Waals surface area contributed by atoms with Gasteiger partial charge in [0.15, 0.2) is 0 Å². The molecule has 0 aliphatic carbocycles. The van der Waals surface area contributed by atoms with Crippen molar-refractivity contribution in [3.63, 3.8) is 0 Å². The second-order valence-electron chi connectivity index (χ2n) is 9.24. The predicted molar refractivity (Wildman–Crippen MR) is 131 cm³/mol. The molecule has 1 aromatic carbocycles. The Morgan fingerprint density at radius 2 is 1.88 bits per heavy atom. The number of hydrogen-bond donors (Lipinski definition) is 1. The number of ether oxygens (including phenoxy) is 1. The lowest BCUT2D eigenvalue weighted by Gasteiger charge is -2.35. The molecule has 186 valence electrons. The van der Waals surface area contributed by atoms with E-state index in [-0.39, 0.29) is 10.8 Å². The highest BCUT2D eigenvalue weighted by atomic mass is 32.2. The number of carbonyl (C=O) groups is 1. The maximum atomic E-state index is 13.0. The Bertz CT molecular complexity index is 868. The molecule has 0 saturated carbocycles. The molecule has 0 aromatic heterocycles. The number of aryl methyl sites for hydroxylation is 1. The van der Waals surface area contributed by atoms with Crippen molar-refractivity contribution >= 4 is 15.9 Å². The average molecular weight is 480 g/mol. The molecule has 1 atom stereocenters. The number of carbonyl (C=O) groups excluding carboxylic acids is 1. The van der Waals surface area contributed by atoms with Gasteiger partial charge in [0, 0.05) is 38.6 Å². The van der Waals surface area contributed by atoms with Gasteiger partial charge in [0.2, 0.25) is 15.9 Å². The van der Waals surface area contributed by atoms with Gasteiger partial charge in [0.25, 0.3) is 0 Å². The van der Waals surface area contributed by atoms with Crippen LogP contribution in [0.15, 0.2) is 23.1 Å². The van der Waals surface area contributed by atoms with Crippen LogP contribution in [0.25, 0.3) is 0 Å². The maximum absolute atomic E-state index is 13.0. The molecule has 0 radical (unpaired) electrons. The summed E-state index contributed by atoms with van der Waals surface area (Å²) in [5.74, 6) is 0.614. The lowest BCUT2D eigenvalue weighted by Crippen LogP contribution is -2.40. The van der Waals surface area contributed by atoms with Gasteiger partial charge < -0.3 is 15.0 Å². The molecule has 8 heteroatoms. The normalized spacial score (nSPS) is 20.5. The van der Waals surface area contributed by atoms with Gasteiger partial charge >= 0.3 is 0 Å². The first-order chi connectivity index (χ1) is 16.0. The van der Waals surface area contributed by atoms with Crippen LogP contribution in [0.2, 0.25) is 0 Å². The monoisotopic (exact) mass is 479 g/mol. The van der Waals surface area contributed by atoms with Crippen molar-refractivity contribution in [1.29, 1.82) is 0 Å². The first-order valence-corrected chi connectivity index (χ1v) is 14.1. The van der Waals surface area contributed by atoms with E-state index >= 15 is 0 Å². The van der Waals surface area contributed by atoms with E-state index in [1.165, 1.54) is 32.2 Å². The molecule has 0 spiro atoms. The number of nitrogens with zero attached hydrogens (tertiary/aromatic N) is 2. The molecule has 1 amide bonds. The fraction of sp³-hybridized carbons (Fsp3) is 0.720. The third-order valence-corrected chi connectivity index (χ3v) is 8.89. The predicted octanol–water partition coefficient (Wildman–Crippen LogP) is 3.57. The molecule has 3 rings (SSSR count). The van der Waals surface area contributed by atoms with E-state index in [4.69, 9.17) is 4.74 Å². The number of likely N-dealkylation sites (tertiary alicyclic amines) is 1. The third kappa shape index (κ3) is 7.17. The fourth-order valence-electron chi connectivity index (χ4n) is 5.03. The van der Waals surface area contributed by atoms with Gasteiger partial charge in [-0.1, -0.05) is 19.8 Å². The number of rotatable bonds is 11. The minimum absolute atomic E-state index is 0.00738. The average Bonchev–Trinajstić information content (AvgIpc) is 2.85. The van der Waals surface area contributed by atoms with Crippen LogP contribution in [-0.4, -0.2) is 69.4 Å². The summed E-state index contributed by atoms with van der Waals surface area (Å²) in [4.78, 5) is 15.3. The molecule has 2 saturated heterocycles. The summed E-state index contributed by atoms with van der Waals surface area (Å²) < 4.78 is 33.1. The Balaban J connectivity index is 1.50. The second kappa shape index (κ2) is 12.7. The Kier molecular flexibility index (Phi) is 10.0. The summed E-state index contributed by atoms with van der Waals surface area (Å²) in [6.45, 7) is 6.27. The SMILES string of the molecule is CC[C@@H]1CCCCN1CCCNC(=O)CCc1cc(S(=O)(=O)N2CCCCC2)ccc1OC. The van der Waals surface area contributed by atoms with Crippen molar-refractivity contribution < 1.29 is 17.9 Å². The van der Waals surface area contributed by atoms with E-state index in [9.17, 15) is 13.2 Å². The molecule has 1 aromatic rings. The minimum Gasteiger partial charge on any atom is -0.496 e. The maximum Gasteiger partial charge on any atom is 0.243 e. The van der Waals surface area contributed by atoms with Crippen LogP contribution < -0.4 is 10.1 Å². The van der Waals surface area contributed by atoms with Crippen LogP contribution in [0.4, 0.5) is 0 Å². The van der Waals surface area contributed by atoms with Gasteiger partial charge in [-0.2, -0.15) is 4.31 Å². The van der Waals surface area contributed by atoms with E-state index in [1.807, 2.05) is 0 Å². The van der Waals surface area contributed by atoms with Crippen LogP contribution in [0.1, 0.15) is 70.3 Å². The van der Waals surface area contributed by atoms with E-state index in [2.05, 4.69) is 17.1 Å². The van der Waals surface area contributed by atoms with Crippen molar-refractivity contribution in [2.75, 3.05) is 39.8 Å². The van der Waals surface area contributed by atoms with Gasteiger partial charge in [-0.25, -0.2) is 8.42 Å². The highest BCUT2D eigenvalue weighted by molar-refractivity contribution is 7.89. The number of methoxy groups -OCH3 is 1. The van der Waals surface area contributed by atoms with Crippen LogP contribution in [0.5, 0.6) is 5.75 Å². The summed E-state index contributed by atoms with van der Waals surface area (Å²) in [6.07, 6.45) is 9.68. The molecule has 1 N–H and O–H groups in total. The number of benzene rings is 1. The molecular formula is C25H41N3O4S. The molecule has 2 aliphatic rings. The molecule has 7 nitrogen and oxygen atoms in total. The first kappa shape index (κ1) is 26.0. The minimum atomic E-state index is -3.51. The van der Waals surface area contributed by atoms with Crippen LogP contribution in [0.3, 0.4) is 0 Å². The summed E-state index contributed by atoms with van der Waals surface area (Å²) in [5.41, 5.74) is 0.754. The van der Waals surface area contributed by atoms with Gasteiger partial charge in [-0.05, 0) is 75.3 Å². The Hall–Kier alpha value is -1.64. The zero-order valence-electron chi connectivity index (χ0n) is 20.4. The molecule has 0 bridgehead atoms. The molecule has 2 aliphatic heterocycles. The lowest BCUT2D eigenvalue weighted by atomic mass is 10.00. The summed E-state index contributed by atoms with van der Waals surface area (Å²) in [6, 6.07) is 5.68. The van der Waals surface area contributed by atoms with E-state index in [0.717, 1.165) is 37.8 Å². The highest BCUT2D eigenvalue weighted by Crippen LogP contribution is 2.27. The Labute approximate surface area is 199 Å². The van der Waals surface area contributed by atoms with Gasteiger partial charge in [0.05, 0.1) is 12.0 Å². The van der Waals surface area contributed by atoms with Crippen molar-refractivity contribution in [3.05, 3.63) is 23.8 Å². The number of piperidine rings is 2. The summed E-state index contributed by atoms with van der Waals surface area (Å²) >= 11 is 0. The molecule has 2 fully saturated rings. The smallest absolute Gasteiger partial charge is 0.243 e. The molecule has 2 heterocycles. The van der Waals surface area contributed by atoms with E-state index in [0.29, 0.717) is 44.3 Å². The van der Waals surface area contributed by atoms with Gasteiger partial charge in [-0.15, -0.1) is 0 Å². The molecule has 33 heavy (non-hydrogen) atoms. The van der Waals surface area contributed by atoms with Crippen LogP contribution in [0, 0.1) is 0 Å². The van der Waals surface area contributed by atoms with Crippen molar-refractivity contribution in [2.24, 2.45) is 0 Å². The fourth-order valence-corrected chi connectivity index (χ4v) is 6.60. The second-order valence-corrected chi connectivity index (χ2v) is 11.2. The highest BCUT2D eigenvalue weighted by Gasteiger charge is 2.26. The Morgan fingerprint density at radius 1 is 1.12 bits per heavy atom. The summed E-state index contributed by atoms with van der Waals surface area (Å²) in [7, 11) is -1.94. The number of hydrogen-bond acceptors (Lipinski definition) is 5. The molecule has 0 unspecified atom stereocenters. The van der Waals surface area contributed by atoms with Crippen molar-refractivity contribution in [1.82, 2.24) is 14.5 Å². The molecular weight excluding hydrogens is 438 g/mol. The van der Waals surface area contributed by atoms with Crippen LogP contribution in [-0.2, 0) is 21.2 Å². The zero-order chi connectivity index (χ0) is 23.7. The number of amides is 1. The standard InChI is InChI=1S/C25H41N3O4S/c1-3-22-10-5-8-16-27(22)17-9-15-26-25(29)14-11-21-20-23(12-13-24(21)32-2)33(30,31)28-18-6-4-7-19-28/h12-13,20,22H,3-11,14-19H2,1-2H3,(H,26,29)/t22-/m1/s1. The largest absolute Gasteiger partial charge is 0.496 e. The lowest BCUT2D eigenvalue weighted by molar-refractivity contribution is -0.121. The van der Waals surface area contributed by atoms with Gasteiger partial charge in [-0.3, -0.25) is 4.79 Å². The van der Waals surface area contributed by atoms with Crippen LogP contribution >= 0.6 is 0 Å². The first-order valence-electron chi connectivity index (χ1n) is 12.6.